The maximum absolute atomic E-state index is 5.72. The number of anilines is 1. The van der Waals surface area contributed by atoms with Gasteiger partial charge in [0.15, 0.2) is 5.82 Å². The van der Waals surface area contributed by atoms with Crippen LogP contribution in [-0.4, -0.2) is 9.78 Å². The molecule has 1 aromatic rings. The third-order valence-corrected chi connectivity index (χ3v) is 4.09. The number of nitrogens with two attached hydrogens (primary N) is 1. The van der Waals surface area contributed by atoms with E-state index in [4.69, 9.17) is 5.73 Å². The van der Waals surface area contributed by atoms with Gasteiger partial charge in [-0.3, -0.25) is 4.68 Å². The monoisotopic (exact) mass is 271 g/mol. The molecule has 1 aromatic heterocycles. The predicted octanol–water partition coefficient (Wildman–Crippen LogP) is 3.37. The molecule has 0 aliphatic heterocycles. The zero-order chi connectivity index (χ0) is 10.8. The van der Waals surface area contributed by atoms with Crippen LogP contribution in [0.25, 0.3) is 0 Å². The van der Waals surface area contributed by atoms with Gasteiger partial charge in [0, 0.05) is 6.20 Å². The normalized spacial score (nSPS) is 26.8. The molecule has 1 fully saturated rings. The van der Waals surface area contributed by atoms with Crippen molar-refractivity contribution in [1.29, 1.82) is 0 Å². The fourth-order valence-corrected chi connectivity index (χ4v) is 2.68. The van der Waals surface area contributed by atoms with E-state index in [1.165, 1.54) is 32.1 Å². The Balaban J connectivity index is 2.01. The smallest absolute Gasteiger partial charge is 0.159 e. The second kappa shape index (κ2) is 4.56. The summed E-state index contributed by atoms with van der Waals surface area (Å²) in [4.78, 5) is 0. The third-order valence-electron chi connectivity index (χ3n) is 3.48. The number of halogens is 1. The lowest BCUT2D eigenvalue weighted by molar-refractivity contribution is 0.256. The zero-order valence-corrected chi connectivity index (χ0v) is 10.7. The fraction of sp³-hybridized carbons (Fsp3) is 0.727. The number of nitrogens with zero attached hydrogens (tertiary/aromatic N) is 2. The average Bonchev–Trinajstić information content (AvgIpc) is 2.59. The Labute approximate surface area is 99.2 Å². The van der Waals surface area contributed by atoms with Crippen LogP contribution in [-0.2, 0) is 0 Å². The van der Waals surface area contributed by atoms with Gasteiger partial charge >= 0.3 is 0 Å². The van der Waals surface area contributed by atoms with Crippen molar-refractivity contribution >= 4 is 21.7 Å². The molecule has 2 N–H and O–H groups in total. The van der Waals surface area contributed by atoms with Crippen molar-refractivity contribution in [2.24, 2.45) is 5.92 Å². The summed E-state index contributed by atoms with van der Waals surface area (Å²) in [6, 6.07) is 0.557. The fourth-order valence-electron chi connectivity index (χ4n) is 2.39. The number of hydrogen-bond acceptors (Lipinski definition) is 2. The van der Waals surface area contributed by atoms with Crippen LogP contribution in [0, 0.1) is 5.92 Å². The van der Waals surface area contributed by atoms with E-state index in [9.17, 15) is 0 Å². The van der Waals surface area contributed by atoms with Crippen molar-refractivity contribution in [3.8, 4) is 0 Å². The summed E-state index contributed by atoms with van der Waals surface area (Å²) < 4.78 is 2.95. The number of aromatic nitrogens is 2. The first kappa shape index (κ1) is 11.0. The van der Waals surface area contributed by atoms with E-state index in [1.807, 2.05) is 10.9 Å². The van der Waals surface area contributed by atoms with Gasteiger partial charge < -0.3 is 5.73 Å². The minimum absolute atomic E-state index is 0.557. The van der Waals surface area contributed by atoms with Crippen molar-refractivity contribution in [1.82, 2.24) is 9.78 Å². The number of hydrogen-bond donors (Lipinski definition) is 1. The highest BCUT2D eigenvalue weighted by Crippen LogP contribution is 2.34. The number of rotatable bonds is 2. The van der Waals surface area contributed by atoms with E-state index in [2.05, 4.69) is 28.0 Å². The quantitative estimate of drug-likeness (QED) is 0.897. The molecular formula is C11H18BrN3. The minimum Gasteiger partial charge on any atom is -0.381 e. The van der Waals surface area contributed by atoms with E-state index in [0.29, 0.717) is 11.9 Å². The Hall–Kier alpha value is -0.510. The van der Waals surface area contributed by atoms with Crippen molar-refractivity contribution in [2.45, 2.75) is 45.1 Å². The topological polar surface area (TPSA) is 43.8 Å². The highest BCUT2D eigenvalue weighted by molar-refractivity contribution is 9.10. The van der Waals surface area contributed by atoms with Crippen molar-refractivity contribution < 1.29 is 0 Å². The molecule has 4 heteroatoms. The van der Waals surface area contributed by atoms with Gasteiger partial charge in [-0.15, -0.1) is 0 Å². The maximum atomic E-state index is 5.72. The van der Waals surface area contributed by atoms with Gasteiger partial charge in [0.05, 0.1) is 10.5 Å². The molecule has 3 nitrogen and oxygen atoms in total. The molecule has 1 heterocycles. The summed E-state index contributed by atoms with van der Waals surface area (Å²) in [5.41, 5.74) is 5.72. The van der Waals surface area contributed by atoms with Gasteiger partial charge in [-0.05, 0) is 47.5 Å². The van der Waals surface area contributed by atoms with E-state index < -0.39 is 0 Å². The van der Waals surface area contributed by atoms with Crippen LogP contribution in [0.1, 0.15) is 45.1 Å². The Morgan fingerprint density at radius 2 is 2.13 bits per heavy atom. The zero-order valence-electron chi connectivity index (χ0n) is 9.12. The molecule has 0 spiro atoms. The van der Waals surface area contributed by atoms with Crippen molar-refractivity contribution in [3.05, 3.63) is 10.7 Å². The lowest BCUT2D eigenvalue weighted by Gasteiger charge is -2.27. The Morgan fingerprint density at radius 1 is 1.47 bits per heavy atom. The summed E-state index contributed by atoms with van der Waals surface area (Å²) in [5.74, 6) is 1.53. The van der Waals surface area contributed by atoms with Crippen LogP contribution in [0.5, 0.6) is 0 Å². The molecule has 0 amide bonds. The molecule has 84 valence electrons. The van der Waals surface area contributed by atoms with Gasteiger partial charge in [0.2, 0.25) is 0 Å². The summed E-state index contributed by atoms with van der Waals surface area (Å²) in [6.07, 6.45) is 8.47. The number of nitrogen functional groups attached to an aromatic ring is 1. The first-order valence-electron chi connectivity index (χ1n) is 5.70. The highest BCUT2D eigenvalue weighted by atomic mass is 79.9. The highest BCUT2D eigenvalue weighted by Gasteiger charge is 2.22. The van der Waals surface area contributed by atoms with Crippen LogP contribution < -0.4 is 5.73 Å². The first-order chi connectivity index (χ1) is 7.20. The van der Waals surface area contributed by atoms with E-state index in [-0.39, 0.29) is 0 Å². The summed E-state index contributed by atoms with van der Waals surface area (Å²) in [7, 11) is 0. The average molecular weight is 272 g/mol. The van der Waals surface area contributed by atoms with Gasteiger partial charge in [-0.25, -0.2) is 0 Å². The molecule has 0 atom stereocenters. The Bertz CT molecular complexity index is 307. The molecule has 1 aliphatic rings. The summed E-state index contributed by atoms with van der Waals surface area (Å²) in [5, 5.41) is 4.33. The largest absolute Gasteiger partial charge is 0.381 e. The molecule has 15 heavy (non-hydrogen) atoms. The van der Waals surface area contributed by atoms with Gasteiger partial charge in [0.25, 0.3) is 0 Å². The SMILES string of the molecule is CCC1CCC(n2cc(Br)c(N)n2)CC1. The lowest BCUT2D eigenvalue weighted by Crippen LogP contribution is -2.18. The van der Waals surface area contributed by atoms with E-state index in [0.717, 1.165) is 10.4 Å². The molecule has 1 saturated carbocycles. The van der Waals surface area contributed by atoms with Gasteiger partial charge in [-0.2, -0.15) is 5.10 Å². The van der Waals surface area contributed by atoms with Crippen LogP contribution in [0.2, 0.25) is 0 Å². The molecule has 1 aliphatic carbocycles. The second-order valence-corrected chi connectivity index (χ2v) is 5.28. The molecule has 2 rings (SSSR count). The molecule has 0 saturated heterocycles. The molecule has 0 unspecified atom stereocenters. The molecular weight excluding hydrogens is 254 g/mol. The predicted molar refractivity (Wildman–Crippen MR) is 65.6 cm³/mol. The van der Waals surface area contributed by atoms with E-state index >= 15 is 0 Å². The van der Waals surface area contributed by atoms with Crippen LogP contribution in [0.4, 0.5) is 5.82 Å². The lowest BCUT2D eigenvalue weighted by atomic mass is 9.85. The third kappa shape index (κ3) is 2.36. The second-order valence-electron chi connectivity index (χ2n) is 4.43. The molecule has 0 aromatic carbocycles. The van der Waals surface area contributed by atoms with Crippen LogP contribution in [0.15, 0.2) is 10.7 Å². The molecule has 0 bridgehead atoms. The van der Waals surface area contributed by atoms with Crippen LogP contribution in [0.3, 0.4) is 0 Å². The summed E-state index contributed by atoms with van der Waals surface area (Å²) >= 11 is 3.40. The Morgan fingerprint density at radius 3 is 2.60 bits per heavy atom. The minimum atomic E-state index is 0.557. The maximum Gasteiger partial charge on any atom is 0.159 e. The molecule has 0 radical (unpaired) electrons. The van der Waals surface area contributed by atoms with Gasteiger partial charge in [-0.1, -0.05) is 13.3 Å². The summed E-state index contributed by atoms with van der Waals surface area (Å²) in [6.45, 7) is 2.29. The van der Waals surface area contributed by atoms with Crippen molar-refractivity contribution in [2.75, 3.05) is 5.73 Å². The Kier molecular flexibility index (Phi) is 3.34. The first-order valence-corrected chi connectivity index (χ1v) is 6.50. The van der Waals surface area contributed by atoms with Crippen molar-refractivity contribution in [3.63, 3.8) is 0 Å². The van der Waals surface area contributed by atoms with E-state index in [1.54, 1.807) is 0 Å². The standard InChI is InChI=1S/C11H18BrN3/c1-2-8-3-5-9(6-4-8)15-7-10(12)11(13)14-15/h7-9H,2-6H2,1H3,(H2,13,14). The van der Waals surface area contributed by atoms with Gasteiger partial charge in [0.1, 0.15) is 0 Å². The van der Waals surface area contributed by atoms with Crippen LogP contribution >= 0.6 is 15.9 Å².